The van der Waals surface area contributed by atoms with E-state index < -0.39 is 11.7 Å². The molecule has 0 fully saturated rings. The Balaban J connectivity index is 1.60. The number of hydrogen-bond donors (Lipinski definition) is 1. The van der Waals surface area contributed by atoms with Gasteiger partial charge in [-0.3, -0.25) is 9.59 Å². The van der Waals surface area contributed by atoms with Crippen LogP contribution >= 0.6 is 0 Å². The van der Waals surface area contributed by atoms with E-state index in [1.54, 1.807) is 17.0 Å². The Morgan fingerprint density at radius 1 is 1.00 bits per heavy atom. The fourth-order valence-corrected chi connectivity index (χ4v) is 3.14. The zero-order chi connectivity index (χ0) is 17.1. The number of anilines is 1. The lowest BCUT2D eigenvalue weighted by molar-refractivity contribution is -0.114. The minimum atomic E-state index is -0.430. The molecule has 0 saturated heterocycles. The van der Waals surface area contributed by atoms with Crippen LogP contribution in [0.2, 0.25) is 0 Å². The quantitative estimate of drug-likeness (QED) is 0.656. The van der Waals surface area contributed by atoms with Crippen LogP contribution < -0.4 is 10.2 Å². The van der Waals surface area contributed by atoms with Crippen LogP contribution in [0.15, 0.2) is 48.5 Å². The van der Waals surface area contributed by atoms with E-state index in [9.17, 15) is 9.59 Å². The molecule has 0 radical (unpaired) electrons. The minimum absolute atomic E-state index is 0.407. The molecule has 1 heterocycles. The van der Waals surface area contributed by atoms with Crippen molar-refractivity contribution >= 4 is 17.4 Å². The van der Waals surface area contributed by atoms with Gasteiger partial charge in [-0.05, 0) is 29.2 Å². The predicted octanol–water partition coefficient (Wildman–Crippen LogP) is 3.13. The summed E-state index contributed by atoms with van der Waals surface area (Å²) in [5.41, 5.74) is 3.84. The minimum Gasteiger partial charge on any atom is -0.311 e. The number of amides is 1. The second kappa shape index (κ2) is 6.97. The summed E-state index contributed by atoms with van der Waals surface area (Å²) < 4.78 is 0. The number of para-hydroxylation sites is 1. The molecule has 4 nitrogen and oxygen atoms in total. The van der Waals surface area contributed by atoms with Gasteiger partial charge in [0.1, 0.15) is 0 Å². The van der Waals surface area contributed by atoms with Crippen LogP contribution in [0.25, 0.3) is 0 Å². The predicted molar refractivity (Wildman–Crippen MR) is 95.4 cm³/mol. The van der Waals surface area contributed by atoms with Crippen molar-refractivity contribution in [2.45, 2.75) is 26.3 Å². The number of rotatable bonds is 6. The van der Waals surface area contributed by atoms with Crippen LogP contribution in [0, 0.1) is 0 Å². The van der Waals surface area contributed by atoms with Crippen LogP contribution in [-0.2, 0) is 11.3 Å². The van der Waals surface area contributed by atoms with Gasteiger partial charge in [0.25, 0.3) is 11.7 Å². The van der Waals surface area contributed by atoms with Crippen LogP contribution in [0.1, 0.15) is 41.3 Å². The molecule has 0 atom stereocenters. The largest absolute Gasteiger partial charge is 0.311 e. The monoisotopic (exact) mass is 322 g/mol. The maximum Gasteiger partial charge on any atom is 0.299 e. The van der Waals surface area contributed by atoms with E-state index in [0.717, 1.165) is 12.2 Å². The standard InChI is InChI=1S/C20H22N2O2/c1-14(2)16-8-4-3-7-15(16)13-21-11-12-22-18-10-6-5-9-17(18)19(23)20(22)24/h3-10,14,21H,11-13H2,1-2H3. The average molecular weight is 322 g/mol. The third-order valence-corrected chi connectivity index (χ3v) is 4.38. The highest BCUT2D eigenvalue weighted by Crippen LogP contribution is 2.27. The summed E-state index contributed by atoms with van der Waals surface area (Å²) in [7, 11) is 0. The van der Waals surface area contributed by atoms with Crippen LogP contribution in [0.4, 0.5) is 5.69 Å². The molecule has 0 saturated carbocycles. The molecule has 2 aromatic rings. The number of nitrogens with zero attached hydrogens (tertiary/aromatic N) is 1. The van der Waals surface area contributed by atoms with Crippen molar-refractivity contribution in [3.05, 3.63) is 65.2 Å². The number of Topliss-reactive ketones (excluding diaryl/α,β-unsaturated/α-hetero) is 1. The lowest BCUT2D eigenvalue weighted by Crippen LogP contribution is -2.36. The summed E-state index contributed by atoms with van der Waals surface area (Å²) >= 11 is 0. The number of carbonyl (C=O) groups excluding carboxylic acids is 2. The zero-order valence-electron chi connectivity index (χ0n) is 14.1. The molecule has 1 aliphatic rings. The first kappa shape index (κ1) is 16.4. The van der Waals surface area contributed by atoms with Gasteiger partial charge in [-0.15, -0.1) is 0 Å². The molecular weight excluding hydrogens is 300 g/mol. The van der Waals surface area contributed by atoms with E-state index in [1.807, 2.05) is 18.2 Å². The molecule has 1 aliphatic heterocycles. The zero-order valence-corrected chi connectivity index (χ0v) is 14.1. The van der Waals surface area contributed by atoms with Gasteiger partial charge in [0.2, 0.25) is 0 Å². The van der Waals surface area contributed by atoms with Gasteiger partial charge in [0.15, 0.2) is 0 Å². The summed E-state index contributed by atoms with van der Waals surface area (Å²) in [5, 5.41) is 3.38. The molecule has 24 heavy (non-hydrogen) atoms. The van der Waals surface area contributed by atoms with Crippen LogP contribution in [0.3, 0.4) is 0 Å². The molecule has 0 spiro atoms. The van der Waals surface area contributed by atoms with Gasteiger partial charge in [-0.25, -0.2) is 0 Å². The van der Waals surface area contributed by atoms with Gasteiger partial charge in [-0.1, -0.05) is 50.2 Å². The van der Waals surface area contributed by atoms with Gasteiger partial charge >= 0.3 is 0 Å². The number of fused-ring (bicyclic) bond motifs is 1. The fraction of sp³-hybridized carbons (Fsp3) is 0.300. The Labute approximate surface area is 142 Å². The van der Waals surface area contributed by atoms with Crippen molar-refractivity contribution in [1.29, 1.82) is 0 Å². The van der Waals surface area contributed by atoms with Crippen LogP contribution in [-0.4, -0.2) is 24.8 Å². The smallest absolute Gasteiger partial charge is 0.299 e. The van der Waals surface area contributed by atoms with E-state index in [-0.39, 0.29) is 0 Å². The average Bonchev–Trinajstić information content (AvgIpc) is 2.84. The highest BCUT2D eigenvalue weighted by molar-refractivity contribution is 6.52. The maximum absolute atomic E-state index is 12.1. The summed E-state index contributed by atoms with van der Waals surface area (Å²) in [6.45, 7) is 6.26. The third-order valence-electron chi connectivity index (χ3n) is 4.38. The van der Waals surface area contributed by atoms with Crippen molar-refractivity contribution < 1.29 is 9.59 Å². The fourth-order valence-electron chi connectivity index (χ4n) is 3.14. The Bertz CT molecular complexity index is 768. The number of benzene rings is 2. The molecule has 1 amide bonds. The maximum atomic E-state index is 12.1. The Kier molecular flexibility index (Phi) is 4.76. The molecular formula is C20H22N2O2. The molecule has 2 aromatic carbocycles. The second-order valence-corrected chi connectivity index (χ2v) is 6.33. The van der Waals surface area contributed by atoms with E-state index in [2.05, 4.69) is 37.4 Å². The van der Waals surface area contributed by atoms with Crippen molar-refractivity contribution in [1.82, 2.24) is 5.32 Å². The molecule has 0 unspecified atom stereocenters. The first-order chi connectivity index (χ1) is 11.6. The summed E-state index contributed by atoms with van der Waals surface area (Å²) in [6, 6.07) is 15.6. The van der Waals surface area contributed by atoms with Gasteiger partial charge < -0.3 is 10.2 Å². The number of ketones is 1. The molecule has 0 aromatic heterocycles. The normalized spacial score (nSPS) is 13.7. The number of carbonyl (C=O) groups is 2. The van der Waals surface area contributed by atoms with Crippen molar-refractivity contribution in [3.63, 3.8) is 0 Å². The van der Waals surface area contributed by atoms with Gasteiger partial charge in [0, 0.05) is 19.6 Å². The van der Waals surface area contributed by atoms with Crippen LogP contribution in [0.5, 0.6) is 0 Å². The first-order valence-electron chi connectivity index (χ1n) is 8.33. The summed E-state index contributed by atoms with van der Waals surface area (Å²) in [6.07, 6.45) is 0. The summed E-state index contributed by atoms with van der Waals surface area (Å²) in [4.78, 5) is 25.7. The second-order valence-electron chi connectivity index (χ2n) is 6.33. The highest BCUT2D eigenvalue weighted by Gasteiger charge is 2.34. The molecule has 4 heteroatoms. The Morgan fingerprint density at radius 2 is 1.71 bits per heavy atom. The Morgan fingerprint density at radius 3 is 2.50 bits per heavy atom. The summed E-state index contributed by atoms with van der Waals surface area (Å²) in [5.74, 6) is -0.357. The lowest BCUT2D eigenvalue weighted by Gasteiger charge is -2.18. The molecule has 0 bridgehead atoms. The SMILES string of the molecule is CC(C)c1ccccc1CNCCN1C(=O)C(=O)c2ccccc21. The number of hydrogen-bond acceptors (Lipinski definition) is 3. The van der Waals surface area contributed by atoms with E-state index in [4.69, 9.17) is 0 Å². The Hall–Kier alpha value is -2.46. The topological polar surface area (TPSA) is 49.4 Å². The van der Waals surface area contributed by atoms with E-state index >= 15 is 0 Å². The van der Waals surface area contributed by atoms with Gasteiger partial charge in [-0.2, -0.15) is 0 Å². The first-order valence-corrected chi connectivity index (χ1v) is 8.33. The van der Waals surface area contributed by atoms with E-state index in [0.29, 0.717) is 24.6 Å². The van der Waals surface area contributed by atoms with Crippen molar-refractivity contribution in [2.75, 3.05) is 18.0 Å². The lowest BCUT2D eigenvalue weighted by atomic mass is 9.97. The molecule has 1 N–H and O–H groups in total. The third kappa shape index (κ3) is 3.10. The molecule has 3 rings (SSSR count). The molecule has 124 valence electrons. The number of nitrogens with one attached hydrogen (secondary N) is 1. The molecule has 0 aliphatic carbocycles. The van der Waals surface area contributed by atoms with Crippen molar-refractivity contribution in [2.24, 2.45) is 0 Å². The van der Waals surface area contributed by atoms with Crippen molar-refractivity contribution in [3.8, 4) is 0 Å². The van der Waals surface area contributed by atoms with Gasteiger partial charge in [0.05, 0.1) is 11.3 Å². The van der Waals surface area contributed by atoms with E-state index in [1.165, 1.54) is 11.1 Å². The highest BCUT2D eigenvalue weighted by atomic mass is 16.2.